The first-order valence-electron chi connectivity index (χ1n) is 7.11. The third-order valence-electron chi connectivity index (χ3n) is 3.30. The molecule has 1 aromatic carbocycles. The fourth-order valence-corrected chi connectivity index (χ4v) is 2.77. The fraction of sp³-hybridized carbons (Fsp3) is 0.375. The maximum absolute atomic E-state index is 12.2. The number of benzene rings is 1. The van der Waals surface area contributed by atoms with Gasteiger partial charge in [-0.15, -0.1) is 11.3 Å². The number of carbonyl (C=O) groups excluding carboxylic acids is 1. The lowest BCUT2D eigenvalue weighted by molar-refractivity contribution is 0.102. The quantitative estimate of drug-likeness (QED) is 0.872. The fourth-order valence-electron chi connectivity index (χ4n) is 1.96. The Morgan fingerprint density at radius 3 is 2.62 bits per heavy atom. The number of nitrogens with zero attached hydrogens (tertiary/aromatic N) is 1. The Kier molecular flexibility index (Phi) is 4.96. The summed E-state index contributed by atoms with van der Waals surface area (Å²) in [4.78, 5) is 17.7. The molecule has 0 unspecified atom stereocenters. The summed E-state index contributed by atoms with van der Waals surface area (Å²) in [5.74, 6) is -0.117. The van der Waals surface area contributed by atoms with Gasteiger partial charge in [-0.05, 0) is 51.0 Å². The van der Waals surface area contributed by atoms with E-state index in [4.69, 9.17) is 0 Å². The van der Waals surface area contributed by atoms with Gasteiger partial charge in [0.2, 0.25) is 0 Å². The van der Waals surface area contributed by atoms with Crippen molar-refractivity contribution in [2.45, 2.75) is 34.1 Å². The molecule has 0 fully saturated rings. The first-order chi connectivity index (χ1) is 10.0. The Bertz CT molecular complexity index is 629. The molecule has 0 aliphatic rings. The Balaban J connectivity index is 2.10. The smallest absolute Gasteiger partial charge is 0.257 e. The third kappa shape index (κ3) is 3.82. The van der Waals surface area contributed by atoms with Gasteiger partial charge < -0.3 is 5.32 Å². The average Bonchev–Trinajstić information content (AvgIpc) is 2.75. The Labute approximate surface area is 129 Å². The zero-order chi connectivity index (χ0) is 15.4. The summed E-state index contributed by atoms with van der Waals surface area (Å²) in [7, 11) is 0. The molecule has 0 spiro atoms. The van der Waals surface area contributed by atoms with Crippen molar-refractivity contribution in [1.82, 2.24) is 4.98 Å². The van der Waals surface area contributed by atoms with Crippen LogP contribution >= 0.6 is 11.3 Å². The molecule has 0 saturated heterocycles. The van der Waals surface area contributed by atoms with E-state index >= 15 is 0 Å². The molecule has 1 aromatic heterocycles. The normalized spacial score (nSPS) is 10.5. The summed E-state index contributed by atoms with van der Waals surface area (Å²) in [6, 6.07) is 5.70. The molecule has 1 amide bonds. The molecule has 2 rings (SSSR count). The van der Waals surface area contributed by atoms with Gasteiger partial charge in [-0.1, -0.05) is 6.92 Å². The summed E-state index contributed by atoms with van der Waals surface area (Å²) in [5, 5.41) is 6.86. The molecule has 0 aliphatic carbocycles. The predicted molar refractivity (Wildman–Crippen MR) is 89.5 cm³/mol. The zero-order valence-corrected chi connectivity index (χ0v) is 13.7. The van der Waals surface area contributed by atoms with Crippen LogP contribution in [0.2, 0.25) is 0 Å². The van der Waals surface area contributed by atoms with Gasteiger partial charge in [0.1, 0.15) is 0 Å². The van der Waals surface area contributed by atoms with Gasteiger partial charge in [-0.3, -0.25) is 10.1 Å². The van der Waals surface area contributed by atoms with Gasteiger partial charge in [-0.25, -0.2) is 4.98 Å². The minimum absolute atomic E-state index is 0.117. The first-order valence-corrected chi connectivity index (χ1v) is 7.92. The molecule has 112 valence electrons. The van der Waals surface area contributed by atoms with Crippen molar-refractivity contribution in [2.24, 2.45) is 0 Å². The van der Waals surface area contributed by atoms with Crippen LogP contribution in [0, 0.1) is 20.8 Å². The van der Waals surface area contributed by atoms with E-state index in [0.29, 0.717) is 10.7 Å². The topological polar surface area (TPSA) is 54.0 Å². The van der Waals surface area contributed by atoms with Gasteiger partial charge in [0.25, 0.3) is 5.91 Å². The number of hydrogen-bond acceptors (Lipinski definition) is 4. The Morgan fingerprint density at radius 1 is 1.29 bits per heavy atom. The molecular formula is C16H21N3OS. The standard InChI is InChI=1S/C16H21N3OS/c1-5-8-17-14-7-6-13(9-10(14)2)15(20)19-16-18-11(3)12(4)21-16/h6-7,9,17H,5,8H2,1-4H3,(H,18,19,20). The lowest BCUT2D eigenvalue weighted by Crippen LogP contribution is -2.12. The number of carbonyl (C=O) groups is 1. The average molecular weight is 303 g/mol. The van der Waals surface area contributed by atoms with Crippen LogP contribution in [0.3, 0.4) is 0 Å². The summed E-state index contributed by atoms with van der Waals surface area (Å²) in [6.07, 6.45) is 1.07. The Morgan fingerprint density at radius 2 is 2.05 bits per heavy atom. The van der Waals surface area contributed by atoms with E-state index in [1.165, 1.54) is 11.3 Å². The SMILES string of the molecule is CCCNc1ccc(C(=O)Nc2nc(C)c(C)s2)cc1C. The highest BCUT2D eigenvalue weighted by Gasteiger charge is 2.11. The van der Waals surface area contributed by atoms with Crippen molar-refractivity contribution in [2.75, 3.05) is 17.2 Å². The van der Waals surface area contributed by atoms with E-state index in [-0.39, 0.29) is 5.91 Å². The van der Waals surface area contributed by atoms with Gasteiger partial charge >= 0.3 is 0 Å². The number of aromatic nitrogens is 1. The molecule has 1 heterocycles. The molecule has 0 aliphatic heterocycles. The van der Waals surface area contributed by atoms with Gasteiger partial charge in [-0.2, -0.15) is 0 Å². The summed E-state index contributed by atoms with van der Waals surface area (Å²) in [6.45, 7) is 9.01. The second-order valence-corrected chi connectivity index (χ2v) is 6.27. The lowest BCUT2D eigenvalue weighted by Gasteiger charge is -2.10. The molecule has 21 heavy (non-hydrogen) atoms. The van der Waals surface area contributed by atoms with Crippen LogP contribution < -0.4 is 10.6 Å². The minimum atomic E-state index is -0.117. The van der Waals surface area contributed by atoms with Crippen molar-refractivity contribution in [3.05, 3.63) is 39.9 Å². The molecule has 2 N–H and O–H groups in total. The predicted octanol–water partition coefficient (Wildman–Crippen LogP) is 4.14. The van der Waals surface area contributed by atoms with E-state index < -0.39 is 0 Å². The van der Waals surface area contributed by atoms with Crippen LogP contribution in [0.25, 0.3) is 0 Å². The van der Waals surface area contributed by atoms with Crippen molar-refractivity contribution in [3.8, 4) is 0 Å². The third-order valence-corrected chi connectivity index (χ3v) is 4.29. The van der Waals surface area contributed by atoms with Gasteiger partial charge in [0.05, 0.1) is 5.69 Å². The summed E-state index contributed by atoms with van der Waals surface area (Å²) < 4.78 is 0. The van der Waals surface area contributed by atoms with Crippen molar-refractivity contribution in [1.29, 1.82) is 0 Å². The number of thiazole rings is 1. The largest absolute Gasteiger partial charge is 0.385 e. The lowest BCUT2D eigenvalue weighted by atomic mass is 10.1. The van der Waals surface area contributed by atoms with Gasteiger partial charge in [0.15, 0.2) is 5.13 Å². The highest BCUT2D eigenvalue weighted by Crippen LogP contribution is 2.22. The maximum Gasteiger partial charge on any atom is 0.257 e. The molecule has 0 atom stereocenters. The van der Waals surface area contributed by atoms with Gasteiger partial charge in [0, 0.05) is 22.7 Å². The van der Waals surface area contributed by atoms with Crippen molar-refractivity contribution in [3.63, 3.8) is 0 Å². The number of amides is 1. The number of hydrogen-bond donors (Lipinski definition) is 2. The molecule has 4 nitrogen and oxygen atoms in total. The van der Waals surface area contributed by atoms with Crippen LogP contribution in [-0.4, -0.2) is 17.4 Å². The number of anilines is 2. The second-order valence-electron chi connectivity index (χ2n) is 5.07. The van der Waals surface area contributed by atoms with Crippen LogP contribution in [0.4, 0.5) is 10.8 Å². The molecule has 5 heteroatoms. The van der Waals surface area contributed by atoms with E-state index in [9.17, 15) is 4.79 Å². The van der Waals surface area contributed by atoms with Crippen molar-refractivity contribution >= 4 is 28.1 Å². The molecule has 0 bridgehead atoms. The van der Waals surface area contributed by atoms with E-state index in [1.54, 1.807) is 0 Å². The van der Waals surface area contributed by atoms with Crippen LogP contribution in [0.1, 0.15) is 39.8 Å². The number of rotatable bonds is 5. The van der Waals surface area contributed by atoms with Crippen LogP contribution in [0.5, 0.6) is 0 Å². The Hall–Kier alpha value is -1.88. The monoisotopic (exact) mass is 303 g/mol. The highest BCUT2D eigenvalue weighted by atomic mass is 32.1. The zero-order valence-electron chi connectivity index (χ0n) is 12.9. The molecule has 2 aromatic rings. The number of aryl methyl sites for hydroxylation is 3. The van der Waals surface area contributed by atoms with Crippen LogP contribution in [-0.2, 0) is 0 Å². The van der Waals surface area contributed by atoms with Crippen molar-refractivity contribution < 1.29 is 4.79 Å². The minimum Gasteiger partial charge on any atom is -0.385 e. The van der Waals surface area contributed by atoms with E-state index in [2.05, 4.69) is 22.5 Å². The van der Waals surface area contributed by atoms with E-state index in [1.807, 2.05) is 39.0 Å². The maximum atomic E-state index is 12.2. The van der Waals surface area contributed by atoms with E-state index in [0.717, 1.165) is 34.8 Å². The second kappa shape index (κ2) is 6.72. The highest BCUT2D eigenvalue weighted by molar-refractivity contribution is 7.15. The molecule has 0 radical (unpaired) electrons. The summed E-state index contributed by atoms with van der Waals surface area (Å²) in [5.41, 5.74) is 3.77. The summed E-state index contributed by atoms with van der Waals surface area (Å²) >= 11 is 1.50. The first kappa shape index (κ1) is 15.5. The van der Waals surface area contributed by atoms with Crippen LogP contribution in [0.15, 0.2) is 18.2 Å². The molecular weight excluding hydrogens is 282 g/mol. The molecule has 0 saturated carbocycles. The number of nitrogens with one attached hydrogen (secondary N) is 2.